The summed E-state index contributed by atoms with van der Waals surface area (Å²) in [5.41, 5.74) is 2.49. The Bertz CT molecular complexity index is 1540. The predicted octanol–water partition coefficient (Wildman–Crippen LogP) is 6.10. The Labute approximate surface area is 272 Å². The highest BCUT2D eigenvalue weighted by atomic mass is 19.4. The molecule has 1 aromatic carbocycles. The number of hydrogen-bond acceptors (Lipinski definition) is 8. The molecular formula is C35H41F3N6O3. The molecule has 9 nitrogen and oxygen atoms in total. The Morgan fingerprint density at radius 1 is 0.915 bits per heavy atom. The number of carbonyl (C=O) groups excluding carboxylic acids is 1. The first-order valence-electron chi connectivity index (χ1n) is 16.7. The molecule has 0 radical (unpaired) electrons. The second-order valence-corrected chi connectivity index (χ2v) is 13.9. The molecule has 2 aromatic heterocycles. The van der Waals surface area contributed by atoms with Gasteiger partial charge in [0.15, 0.2) is 11.5 Å². The molecule has 0 atom stereocenters. The fraction of sp³-hybridized carbons (Fsp3) is 0.543. The second kappa shape index (κ2) is 12.9. The van der Waals surface area contributed by atoms with Gasteiger partial charge in [0.25, 0.3) is 5.91 Å². The summed E-state index contributed by atoms with van der Waals surface area (Å²) in [5.74, 6) is 3.31. The molecule has 3 heterocycles. The number of ether oxygens (including phenoxy) is 2. The number of anilines is 1. The highest BCUT2D eigenvalue weighted by Crippen LogP contribution is 2.59. The molecule has 5 fully saturated rings. The largest absolute Gasteiger partial charge is 0.573 e. The van der Waals surface area contributed by atoms with Crippen LogP contribution in [-0.2, 0) is 6.54 Å². The molecule has 0 spiro atoms. The number of alkyl halides is 3. The predicted molar refractivity (Wildman–Crippen MR) is 170 cm³/mol. The van der Waals surface area contributed by atoms with Crippen molar-refractivity contribution >= 4 is 11.7 Å². The number of nitrogens with zero attached hydrogens (tertiary/aromatic N) is 5. The van der Waals surface area contributed by atoms with Crippen LogP contribution in [0.4, 0.5) is 19.0 Å². The van der Waals surface area contributed by atoms with Crippen LogP contribution in [0.15, 0.2) is 48.8 Å². The minimum absolute atomic E-state index is 0.166. The third kappa shape index (κ3) is 7.47. The van der Waals surface area contributed by atoms with E-state index in [4.69, 9.17) is 4.74 Å². The van der Waals surface area contributed by atoms with Crippen LogP contribution in [0.2, 0.25) is 0 Å². The maximum absolute atomic E-state index is 13.2. The SMILES string of the molecule is CCOc1cncc(-c2cc(CN3CCN(c4ccc(C(=O)NCC56CC7CC(CC(C7)C5)C6)nn4)CC3)cc(OC(F)(F)F)c2)c1. The van der Waals surface area contributed by atoms with Gasteiger partial charge >= 0.3 is 6.36 Å². The molecule has 1 amide bonds. The maximum Gasteiger partial charge on any atom is 0.573 e. The van der Waals surface area contributed by atoms with Gasteiger partial charge in [0.2, 0.25) is 0 Å². The normalized spacial score (nSPS) is 25.5. The zero-order chi connectivity index (χ0) is 32.6. The molecule has 12 heteroatoms. The van der Waals surface area contributed by atoms with Crippen LogP contribution < -0.4 is 19.7 Å². The minimum Gasteiger partial charge on any atom is -0.492 e. The van der Waals surface area contributed by atoms with Crippen LogP contribution in [0.25, 0.3) is 11.1 Å². The van der Waals surface area contributed by atoms with E-state index in [0.29, 0.717) is 73.3 Å². The lowest BCUT2D eigenvalue weighted by Gasteiger charge is -2.56. The van der Waals surface area contributed by atoms with E-state index in [0.717, 1.165) is 24.3 Å². The molecule has 4 saturated carbocycles. The van der Waals surface area contributed by atoms with Gasteiger partial charge < -0.3 is 19.7 Å². The van der Waals surface area contributed by atoms with Gasteiger partial charge in [-0.15, -0.1) is 23.4 Å². The fourth-order valence-corrected chi connectivity index (χ4v) is 8.81. The maximum atomic E-state index is 13.2. The number of amides is 1. The van der Waals surface area contributed by atoms with Crippen LogP contribution in [-0.4, -0.2) is 71.7 Å². The molecule has 250 valence electrons. The minimum atomic E-state index is -4.81. The number of rotatable bonds is 10. The lowest BCUT2D eigenvalue weighted by atomic mass is 9.49. The van der Waals surface area contributed by atoms with Crippen molar-refractivity contribution in [3.05, 3.63) is 60.0 Å². The third-order valence-corrected chi connectivity index (χ3v) is 10.3. The van der Waals surface area contributed by atoms with Gasteiger partial charge in [-0.05, 0) is 116 Å². The number of hydrogen-bond donors (Lipinski definition) is 1. The van der Waals surface area contributed by atoms with Crippen LogP contribution in [0.3, 0.4) is 0 Å². The van der Waals surface area contributed by atoms with Crippen LogP contribution in [0.5, 0.6) is 11.5 Å². The molecule has 1 N–H and O–H groups in total. The second-order valence-electron chi connectivity index (χ2n) is 13.9. The van der Waals surface area contributed by atoms with E-state index in [1.807, 2.05) is 19.1 Å². The topological polar surface area (TPSA) is 92.7 Å². The summed E-state index contributed by atoms with van der Waals surface area (Å²) in [6.45, 7) is 6.16. The van der Waals surface area contributed by atoms with Crippen LogP contribution in [0.1, 0.15) is 61.5 Å². The monoisotopic (exact) mass is 650 g/mol. The Hall–Kier alpha value is -3.93. The summed E-state index contributed by atoms with van der Waals surface area (Å²) in [7, 11) is 0. The first-order valence-corrected chi connectivity index (χ1v) is 16.7. The third-order valence-electron chi connectivity index (χ3n) is 10.3. The molecule has 5 aliphatic rings. The Balaban J connectivity index is 0.952. The number of aromatic nitrogens is 3. The van der Waals surface area contributed by atoms with Gasteiger partial charge in [0.05, 0.1) is 12.8 Å². The van der Waals surface area contributed by atoms with Crippen molar-refractivity contribution < 1.29 is 27.4 Å². The molecule has 1 aliphatic heterocycles. The van der Waals surface area contributed by atoms with E-state index < -0.39 is 6.36 Å². The lowest BCUT2D eigenvalue weighted by molar-refractivity contribution is -0.274. The van der Waals surface area contributed by atoms with E-state index in [2.05, 4.69) is 35.0 Å². The summed E-state index contributed by atoms with van der Waals surface area (Å²) in [4.78, 5) is 21.5. The van der Waals surface area contributed by atoms with Crippen molar-refractivity contribution in [2.45, 2.75) is 58.4 Å². The van der Waals surface area contributed by atoms with Crippen LogP contribution in [0, 0.1) is 23.2 Å². The van der Waals surface area contributed by atoms with Gasteiger partial charge in [-0.2, -0.15) is 0 Å². The van der Waals surface area contributed by atoms with Crippen molar-refractivity contribution in [3.8, 4) is 22.6 Å². The number of halogens is 3. The number of benzene rings is 1. The molecule has 8 rings (SSSR count). The summed E-state index contributed by atoms with van der Waals surface area (Å²) in [5, 5.41) is 11.8. The van der Waals surface area contributed by atoms with Crippen molar-refractivity contribution in [2.75, 3.05) is 44.2 Å². The van der Waals surface area contributed by atoms with Crippen molar-refractivity contribution in [1.82, 2.24) is 25.4 Å². The van der Waals surface area contributed by atoms with E-state index in [9.17, 15) is 18.0 Å². The average molecular weight is 651 g/mol. The van der Waals surface area contributed by atoms with Gasteiger partial charge in [-0.3, -0.25) is 14.7 Å². The van der Waals surface area contributed by atoms with Gasteiger partial charge in [0.1, 0.15) is 11.5 Å². The molecule has 0 unspecified atom stereocenters. The fourth-order valence-electron chi connectivity index (χ4n) is 8.81. The van der Waals surface area contributed by atoms with Crippen molar-refractivity contribution in [2.24, 2.45) is 23.2 Å². The summed E-state index contributed by atoms with van der Waals surface area (Å²) < 4.78 is 49.4. The highest BCUT2D eigenvalue weighted by molar-refractivity contribution is 5.92. The average Bonchev–Trinajstić information content (AvgIpc) is 3.03. The van der Waals surface area contributed by atoms with E-state index >= 15 is 0 Å². The first kappa shape index (κ1) is 31.7. The van der Waals surface area contributed by atoms with E-state index in [1.165, 1.54) is 50.7 Å². The Morgan fingerprint density at radius 3 is 2.26 bits per heavy atom. The summed E-state index contributed by atoms with van der Waals surface area (Å²) >= 11 is 0. The molecular weight excluding hydrogens is 609 g/mol. The number of nitrogens with one attached hydrogen (secondary N) is 1. The van der Waals surface area contributed by atoms with Crippen LogP contribution >= 0.6 is 0 Å². The molecule has 1 saturated heterocycles. The zero-order valence-electron chi connectivity index (χ0n) is 26.6. The Kier molecular flexibility index (Phi) is 8.71. The summed E-state index contributed by atoms with van der Waals surface area (Å²) in [6, 6.07) is 10.0. The molecule has 4 aliphatic carbocycles. The zero-order valence-corrected chi connectivity index (χ0v) is 26.6. The number of pyridine rings is 1. The smallest absolute Gasteiger partial charge is 0.492 e. The molecule has 4 bridgehead atoms. The quantitative estimate of drug-likeness (QED) is 0.281. The standard InChI is InChI=1S/C35H41F3N6O3/c1-2-46-30-15-28(19-39-20-30)27-12-26(13-29(14-27)47-35(36,37)38)21-43-5-7-44(8-6-43)32-4-3-31(41-42-32)33(45)40-22-34-16-23-9-24(17-34)11-25(10-23)18-34/h3-4,12-15,19-20,23-25H,2,5-11,16-18,21-22H2,1H3,(H,40,45). The molecule has 3 aromatic rings. The molecule has 47 heavy (non-hydrogen) atoms. The van der Waals surface area contributed by atoms with Gasteiger partial charge in [0, 0.05) is 51.0 Å². The first-order chi connectivity index (χ1) is 22.6. The van der Waals surface area contributed by atoms with E-state index in [-0.39, 0.29) is 17.1 Å². The summed E-state index contributed by atoms with van der Waals surface area (Å²) in [6.07, 6.45) is 6.21. The number of piperazine rings is 1. The Morgan fingerprint density at radius 2 is 1.62 bits per heavy atom. The van der Waals surface area contributed by atoms with Crippen molar-refractivity contribution in [1.29, 1.82) is 0 Å². The lowest BCUT2D eigenvalue weighted by Crippen LogP contribution is -2.51. The van der Waals surface area contributed by atoms with E-state index in [1.54, 1.807) is 24.5 Å². The van der Waals surface area contributed by atoms with Crippen molar-refractivity contribution in [3.63, 3.8) is 0 Å². The van der Waals surface area contributed by atoms with Gasteiger partial charge in [-0.1, -0.05) is 0 Å². The number of carbonyl (C=O) groups is 1. The highest BCUT2D eigenvalue weighted by Gasteiger charge is 2.50. The van der Waals surface area contributed by atoms with Gasteiger partial charge in [-0.25, -0.2) is 0 Å².